The van der Waals surface area contributed by atoms with Crippen LogP contribution < -0.4 is 0 Å². The third kappa shape index (κ3) is 1.62. The highest BCUT2D eigenvalue weighted by molar-refractivity contribution is 5.29. The van der Waals surface area contributed by atoms with E-state index in [0.29, 0.717) is 0 Å². The average molecular weight is 136 g/mol. The fourth-order valence-corrected chi connectivity index (χ4v) is 1.07. The summed E-state index contributed by atoms with van der Waals surface area (Å²) in [5, 5.41) is 0. The minimum absolute atomic E-state index is 0.153. The van der Waals surface area contributed by atoms with Gasteiger partial charge in [-0.3, -0.25) is 0 Å². The Morgan fingerprint density at radius 1 is 1.70 bits per heavy atom. The van der Waals surface area contributed by atoms with Gasteiger partial charge in [-0.1, -0.05) is 5.92 Å². The van der Waals surface area contributed by atoms with Crippen LogP contribution in [0.1, 0.15) is 20.3 Å². The molecule has 0 aliphatic carbocycles. The highest BCUT2D eigenvalue weighted by atomic mass is 16.5. The SMILES string of the molecule is C#CC1=CC(C)(C)OCC1. The topological polar surface area (TPSA) is 9.23 Å². The lowest BCUT2D eigenvalue weighted by molar-refractivity contribution is 0.0124. The van der Waals surface area contributed by atoms with E-state index in [2.05, 4.69) is 5.92 Å². The van der Waals surface area contributed by atoms with Gasteiger partial charge in [-0.05, 0) is 19.9 Å². The maximum Gasteiger partial charge on any atom is 0.0818 e. The average Bonchev–Trinajstić information content (AvgIpc) is 1.86. The van der Waals surface area contributed by atoms with Crippen LogP contribution in [0, 0.1) is 12.3 Å². The molecule has 1 nitrogen and oxygen atoms in total. The molecule has 0 aromatic rings. The summed E-state index contributed by atoms with van der Waals surface area (Å²) in [5.41, 5.74) is 0.913. The quantitative estimate of drug-likeness (QED) is 0.461. The van der Waals surface area contributed by atoms with Gasteiger partial charge in [0.2, 0.25) is 0 Å². The Bertz CT molecular complexity index is 193. The molecule has 1 heterocycles. The number of hydrogen-bond acceptors (Lipinski definition) is 1. The zero-order valence-corrected chi connectivity index (χ0v) is 6.48. The van der Waals surface area contributed by atoms with E-state index in [1.807, 2.05) is 19.9 Å². The molecule has 1 rings (SSSR count). The van der Waals surface area contributed by atoms with Crippen LogP contribution in [0.25, 0.3) is 0 Å². The highest BCUT2D eigenvalue weighted by Gasteiger charge is 2.19. The first-order chi connectivity index (χ1) is 4.64. The Balaban J connectivity index is 2.78. The van der Waals surface area contributed by atoms with Crippen LogP contribution >= 0.6 is 0 Å². The van der Waals surface area contributed by atoms with Crippen LogP contribution in [0.3, 0.4) is 0 Å². The molecule has 1 aliphatic rings. The maximum atomic E-state index is 5.43. The molecular weight excluding hydrogens is 124 g/mol. The molecule has 54 valence electrons. The Labute approximate surface area is 62.1 Å². The summed E-state index contributed by atoms with van der Waals surface area (Å²) in [5.74, 6) is 2.64. The molecule has 0 atom stereocenters. The van der Waals surface area contributed by atoms with E-state index in [9.17, 15) is 0 Å². The lowest BCUT2D eigenvalue weighted by atomic mass is 10.0. The summed E-state index contributed by atoms with van der Waals surface area (Å²) in [4.78, 5) is 0. The van der Waals surface area contributed by atoms with Crippen molar-refractivity contribution < 1.29 is 4.74 Å². The van der Waals surface area contributed by atoms with Gasteiger partial charge in [0.05, 0.1) is 12.2 Å². The van der Waals surface area contributed by atoms with Crippen LogP contribution in [0.2, 0.25) is 0 Å². The van der Waals surface area contributed by atoms with E-state index in [0.717, 1.165) is 18.6 Å². The van der Waals surface area contributed by atoms with Crippen molar-refractivity contribution in [3.63, 3.8) is 0 Å². The first-order valence-corrected chi connectivity index (χ1v) is 3.46. The van der Waals surface area contributed by atoms with E-state index in [1.165, 1.54) is 0 Å². The summed E-state index contributed by atoms with van der Waals surface area (Å²) in [6, 6.07) is 0. The second kappa shape index (κ2) is 2.48. The first-order valence-electron chi connectivity index (χ1n) is 3.46. The van der Waals surface area contributed by atoms with Crippen LogP contribution in [-0.4, -0.2) is 12.2 Å². The standard InChI is InChI=1S/C9H12O/c1-4-8-5-6-10-9(2,3)7-8/h1,7H,5-6H2,2-3H3. The number of rotatable bonds is 0. The van der Waals surface area contributed by atoms with Crippen molar-refractivity contribution in [3.05, 3.63) is 11.6 Å². The van der Waals surface area contributed by atoms with Crippen molar-refractivity contribution in [2.75, 3.05) is 6.61 Å². The van der Waals surface area contributed by atoms with Crippen molar-refractivity contribution in [2.24, 2.45) is 0 Å². The summed E-state index contributed by atoms with van der Waals surface area (Å²) in [7, 11) is 0. The second-order valence-electron chi connectivity index (χ2n) is 3.02. The molecule has 10 heavy (non-hydrogen) atoms. The fourth-order valence-electron chi connectivity index (χ4n) is 1.07. The van der Waals surface area contributed by atoms with Crippen LogP contribution in [0.4, 0.5) is 0 Å². The highest BCUT2D eigenvalue weighted by Crippen LogP contribution is 2.20. The van der Waals surface area contributed by atoms with E-state index < -0.39 is 0 Å². The number of hydrogen-bond donors (Lipinski definition) is 0. The normalized spacial score (nSPS) is 23.1. The minimum atomic E-state index is -0.153. The zero-order chi connectivity index (χ0) is 7.61. The lowest BCUT2D eigenvalue weighted by Gasteiger charge is -2.26. The van der Waals surface area contributed by atoms with Gasteiger partial charge in [0.25, 0.3) is 0 Å². The maximum absolute atomic E-state index is 5.43. The molecule has 0 saturated carbocycles. The van der Waals surface area contributed by atoms with Crippen molar-refractivity contribution in [1.82, 2.24) is 0 Å². The molecule has 1 heteroatoms. The van der Waals surface area contributed by atoms with Crippen molar-refractivity contribution in [2.45, 2.75) is 25.9 Å². The lowest BCUT2D eigenvalue weighted by Crippen LogP contribution is -2.26. The molecule has 1 aliphatic heterocycles. The Morgan fingerprint density at radius 3 is 2.80 bits per heavy atom. The predicted octanol–water partition coefficient (Wildman–Crippen LogP) is 1.74. The summed E-state index contributed by atoms with van der Waals surface area (Å²) < 4.78 is 5.43. The number of ether oxygens (including phenoxy) is 1. The van der Waals surface area contributed by atoms with Gasteiger partial charge >= 0.3 is 0 Å². The molecule has 0 spiro atoms. The van der Waals surface area contributed by atoms with E-state index in [1.54, 1.807) is 0 Å². The molecular formula is C9H12O. The monoisotopic (exact) mass is 136 g/mol. The Morgan fingerprint density at radius 2 is 2.40 bits per heavy atom. The molecule has 0 saturated heterocycles. The van der Waals surface area contributed by atoms with Gasteiger partial charge in [0.15, 0.2) is 0 Å². The Hall–Kier alpha value is -0.740. The van der Waals surface area contributed by atoms with Crippen molar-refractivity contribution in [1.29, 1.82) is 0 Å². The van der Waals surface area contributed by atoms with Crippen LogP contribution in [0.15, 0.2) is 11.6 Å². The minimum Gasteiger partial charge on any atom is -0.371 e. The molecule has 0 fully saturated rings. The first kappa shape index (κ1) is 7.37. The van der Waals surface area contributed by atoms with Gasteiger partial charge in [-0.25, -0.2) is 0 Å². The molecule has 0 amide bonds. The molecule has 0 unspecified atom stereocenters. The summed E-state index contributed by atoms with van der Waals surface area (Å²) in [6.07, 6.45) is 8.15. The molecule has 0 N–H and O–H groups in total. The molecule has 0 radical (unpaired) electrons. The summed E-state index contributed by atoms with van der Waals surface area (Å²) >= 11 is 0. The van der Waals surface area contributed by atoms with Crippen LogP contribution in [-0.2, 0) is 4.74 Å². The molecule has 0 aromatic carbocycles. The third-order valence-electron chi connectivity index (χ3n) is 1.55. The molecule has 0 aromatic heterocycles. The fraction of sp³-hybridized carbons (Fsp3) is 0.556. The van der Waals surface area contributed by atoms with Crippen molar-refractivity contribution >= 4 is 0 Å². The van der Waals surface area contributed by atoms with Gasteiger partial charge < -0.3 is 4.74 Å². The predicted molar refractivity (Wildman–Crippen MR) is 41.6 cm³/mol. The Kier molecular flexibility index (Phi) is 1.82. The van der Waals surface area contributed by atoms with E-state index in [-0.39, 0.29) is 5.60 Å². The third-order valence-corrected chi connectivity index (χ3v) is 1.55. The van der Waals surface area contributed by atoms with Gasteiger partial charge in [-0.15, -0.1) is 6.42 Å². The van der Waals surface area contributed by atoms with Crippen LogP contribution in [0.5, 0.6) is 0 Å². The smallest absolute Gasteiger partial charge is 0.0818 e. The largest absolute Gasteiger partial charge is 0.371 e. The van der Waals surface area contributed by atoms with E-state index >= 15 is 0 Å². The van der Waals surface area contributed by atoms with Crippen molar-refractivity contribution in [3.8, 4) is 12.3 Å². The van der Waals surface area contributed by atoms with Gasteiger partial charge in [0.1, 0.15) is 0 Å². The molecule has 0 bridgehead atoms. The zero-order valence-electron chi connectivity index (χ0n) is 6.48. The summed E-state index contributed by atoms with van der Waals surface area (Å²) in [6.45, 7) is 4.79. The van der Waals surface area contributed by atoms with Gasteiger partial charge in [-0.2, -0.15) is 0 Å². The number of terminal acetylenes is 1. The van der Waals surface area contributed by atoms with Gasteiger partial charge in [0, 0.05) is 12.0 Å². The van der Waals surface area contributed by atoms with E-state index in [4.69, 9.17) is 11.2 Å². The second-order valence-corrected chi connectivity index (χ2v) is 3.02.